The predicted molar refractivity (Wildman–Crippen MR) is 46.0 cm³/mol. The predicted octanol–water partition coefficient (Wildman–Crippen LogP) is 1.93. The van der Waals surface area contributed by atoms with E-state index in [1.165, 1.54) is 0 Å². The molecule has 0 unspecified atom stereocenters. The van der Waals surface area contributed by atoms with Crippen molar-refractivity contribution in [2.24, 2.45) is 0 Å². The van der Waals surface area contributed by atoms with Gasteiger partial charge in [-0.1, -0.05) is 6.07 Å². The van der Waals surface area contributed by atoms with Crippen LogP contribution in [0.1, 0.15) is 6.92 Å². The normalized spacial score (nSPS) is 9.27. The summed E-state index contributed by atoms with van der Waals surface area (Å²) in [5.41, 5.74) is 0.998. The van der Waals surface area contributed by atoms with Crippen molar-refractivity contribution in [3.63, 3.8) is 0 Å². The lowest BCUT2D eigenvalue weighted by Gasteiger charge is -2.07. The lowest BCUT2D eigenvalue weighted by Crippen LogP contribution is -1.98. The molecule has 0 fully saturated rings. The highest BCUT2D eigenvalue weighted by Gasteiger charge is 1.97. The zero-order valence-corrected chi connectivity index (χ0v) is 6.85. The van der Waals surface area contributed by atoms with Gasteiger partial charge in [0.15, 0.2) is 0 Å². The van der Waals surface area contributed by atoms with Crippen LogP contribution in [0.15, 0.2) is 18.2 Å². The van der Waals surface area contributed by atoms with Crippen LogP contribution in [0.3, 0.4) is 0 Å². The Labute approximate surface area is 67.2 Å². The molecule has 0 aliphatic rings. The highest BCUT2D eigenvalue weighted by Crippen LogP contribution is 2.21. The van der Waals surface area contributed by atoms with Gasteiger partial charge in [0, 0.05) is 6.54 Å². The first-order valence-electron chi connectivity index (χ1n) is 3.66. The summed E-state index contributed by atoms with van der Waals surface area (Å²) in [4.78, 5) is 0. The number of rotatable bonds is 3. The van der Waals surface area contributed by atoms with Gasteiger partial charge in [-0.05, 0) is 25.1 Å². The molecule has 0 saturated carbocycles. The zero-order valence-electron chi connectivity index (χ0n) is 6.85. The van der Waals surface area contributed by atoms with Crippen LogP contribution in [0.25, 0.3) is 0 Å². The number of methoxy groups -OCH3 is 1. The van der Waals surface area contributed by atoms with E-state index in [4.69, 9.17) is 4.74 Å². The fourth-order valence-electron chi connectivity index (χ4n) is 0.923. The maximum Gasteiger partial charge on any atom is 0.141 e. The van der Waals surface area contributed by atoms with Gasteiger partial charge in [0.2, 0.25) is 0 Å². The maximum atomic E-state index is 5.12. The minimum absolute atomic E-state index is 0.866. The van der Waals surface area contributed by atoms with Crippen molar-refractivity contribution in [2.75, 3.05) is 19.0 Å². The van der Waals surface area contributed by atoms with Crippen molar-refractivity contribution in [1.82, 2.24) is 0 Å². The molecule has 1 rings (SSSR count). The van der Waals surface area contributed by atoms with Gasteiger partial charge in [-0.25, -0.2) is 0 Å². The van der Waals surface area contributed by atoms with Crippen molar-refractivity contribution in [3.05, 3.63) is 24.3 Å². The number of anilines is 1. The SMILES string of the molecule is CCNc1c[c]ccc1OC. The third-order valence-corrected chi connectivity index (χ3v) is 1.41. The Kier molecular flexibility index (Phi) is 2.78. The molecule has 2 heteroatoms. The van der Waals surface area contributed by atoms with Gasteiger partial charge in [0.25, 0.3) is 0 Å². The number of ether oxygens (including phenoxy) is 1. The molecule has 0 aliphatic heterocycles. The molecule has 0 bridgehead atoms. The first-order valence-corrected chi connectivity index (χ1v) is 3.66. The highest BCUT2D eigenvalue weighted by molar-refractivity contribution is 5.55. The minimum atomic E-state index is 0.866. The van der Waals surface area contributed by atoms with E-state index in [0.717, 1.165) is 18.0 Å². The molecule has 1 N–H and O–H groups in total. The standard InChI is InChI=1S/C9H12NO/c1-3-10-8-6-4-5-7-9(8)11-2/h5-7,10H,3H2,1-2H3. The zero-order chi connectivity index (χ0) is 8.10. The first-order chi connectivity index (χ1) is 5.38. The minimum Gasteiger partial charge on any atom is -0.495 e. The fraction of sp³-hybridized carbons (Fsp3) is 0.333. The second-order valence-electron chi connectivity index (χ2n) is 2.16. The molecule has 0 atom stereocenters. The summed E-state index contributed by atoms with van der Waals surface area (Å²) in [6, 6.07) is 8.58. The number of hydrogen-bond acceptors (Lipinski definition) is 2. The monoisotopic (exact) mass is 150 g/mol. The number of hydrogen-bond donors (Lipinski definition) is 1. The van der Waals surface area contributed by atoms with Gasteiger partial charge in [-0.15, -0.1) is 0 Å². The Hall–Kier alpha value is -1.18. The summed E-state index contributed by atoms with van der Waals surface area (Å²) in [6.45, 7) is 2.95. The number of nitrogens with one attached hydrogen (secondary N) is 1. The average molecular weight is 150 g/mol. The first kappa shape index (κ1) is 7.92. The molecular formula is C9H12NO. The maximum absolute atomic E-state index is 5.12. The molecule has 0 heterocycles. The van der Waals surface area contributed by atoms with Gasteiger partial charge in [-0.2, -0.15) is 0 Å². The Morgan fingerprint density at radius 3 is 3.09 bits per heavy atom. The molecule has 0 amide bonds. The molecule has 59 valence electrons. The molecule has 1 aromatic rings. The molecule has 0 aromatic heterocycles. The van der Waals surface area contributed by atoms with E-state index in [2.05, 4.69) is 11.4 Å². The van der Waals surface area contributed by atoms with Gasteiger partial charge >= 0.3 is 0 Å². The molecule has 1 aromatic carbocycles. The Balaban J connectivity index is 2.83. The van der Waals surface area contributed by atoms with E-state index >= 15 is 0 Å². The topological polar surface area (TPSA) is 21.3 Å². The van der Waals surface area contributed by atoms with Gasteiger partial charge in [-0.3, -0.25) is 0 Å². The third-order valence-electron chi connectivity index (χ3n) is 1.41. The van der Waals surface area contributed by atoms with Gasteiger partial charge in [0.05, 0.1) is 12.8 Å². The Morgan fingerprint density at radius 1 is 1.64 bits per heavy atom. The second kappa shape index (κ2) is 3.86. The van der Waals surface area contributed by atoms with Crippen LogP contribution >= 0.6 is 0 Å². The van der Waals surface area contributed by atoms with Gasteiger partial charge in [0.1, 0.15) is 5.75 Å². The van der Waals surface area contributed by atoms with Crippen molar-refractivity contribution >= 4 is 5.69 Å². The fourth-order valence-corrected chi connectivity index (χ4v) is 0.923. The second-order valence-corrected chi connectivity index (χ2v) is 2.16. The van der Waals surface area contributed by atoms with Crippen molar-refractivity contribution < 1.29 is 4.74 Å². The molecule has 1 radical (unpaired) electrons. The third kappa shape index (κ3) is 1.87. The van der Waals surface area contributed by atoms with Crippen molar-refractivity contribution in [1.29, 1.82) is 0 Å². The van der Waals surface area contributed by atoms with E-state index in [0.29, 0.717) is 0 Å². The Bertz CT molecular complexity index is 223. The Morgan fingerprint density at radius 2 is 2.45 bits per heavy atom. The van der Waals surface area contributed by atoms with Crippen molar-refractivity contribution in [2.45, 2.75) is 6.92 Å². The number of benzene rings is 1. The molecule has 0 spiro atoms. The van der Waals surface area contributed by atoms with Crippen LogP contribution in [0.5, 0.6) is 5.75 Å². The average Bonchev–Trinajstić information content (AvgIpc) is 2.06. The van der Waals surface area contributed by atoms with Crippen LogP contribution in [-0.2, 0) is 0 Å². The van der Waals surface area contributed by atoms with Gasteiger partial charge < -0.3 is 10.1 Å². The largest absolute Gasteiger partial charge is 0.495 e. The van der Waals surface area contributed by atoms with Crippen LogP contribution in [0.2, 0.25) is 0 Å². The summed E-state index contributed by atoms with van der Waals surface area (Å²) in [5, 5.41) is 3.17. The smallest absolute Gasteiger partial charge is 0.141 e. The molecule has 0 aliphatic carbocycles. The summed E-state index contributed by atoms with van der Waals surface area (Å²) < 4.78 is 5.12. The summed E-state index contributed by atoms with van der Waals surface area (Å²) in [7, 11) is 1.66. The van der Waals surface area contributed by atoms with E-state index in [1.807, 2.05) is 25.1 Å². The van der Waals surface area contributed by atoms with E-state index in [-0.39, 0.29) is 0 Å². The van der Waals surface area contributed by atoms with E-state index in [1.54, 1.807) is 7.11 Å². The molecule has 2 nitrogen and oxygen atoms in total. The quantitative estimate of drug-likeness (QED) is 0.710. The van der Waals surface area contributed by atoms with Crippen molar-refractivity contribution in [3.8, 4) is 5.75 Å². The molecular weight excluding hydrogens is 138 g/mol. The molecule has 11 heavy (non-hydrogen) atoms. The highest BCUT2D eigenvalue weighted by atomic mass is 16.5. The van der Waals surface area contributed by atoms with Crippen LogP contribution < -0.4 is 10.1 Å². The summed E-state index contributed by atoms with van der Waals surface area (Å²) >= 11 is 0. The van der Waals surface area contributed by atoms with E-state index in [9.17, 15) is 0 Å². The summed E-state index contributed by atoms with van der Waals surface area (Å²) in [6.07, 6.45) is 0. The van der Waals surface area contributed by atoms with Crippen LogP contribution in [-0.4, -0.2) is 13.7 Å². The molecule has 0 saturated heterocycles. The lowest BCUT2D eigenvalue weighted by molar-refractivity contribution is 0.416. The summed E-state index contributed by atoms with van der Waals surface area (Å²) in [5.74, 6) is 0.866. The lowest BCUT2D eigenvalue weighted by atomic mass is 10.3. The van der Waals surface area contributed by atoms with Crippen LogP contribution in [0.4, 0.5) is 5.69 Å². The van der Waals surface area contributed by atoms with E-state index < -0.39 is 0 Å². The van der Waals surface area contributed by atoms with Crippen LogP contribution in [0, 0.1) is 6.07 Å².